The molecule has 5 aromatic rings. The predicted octanol–water partition coefficient (Wildman–Crippen LogP) is 6.01. The molecule has 0 aliphatic heterocycles. The van der Waals surface area contributed by atoms with Gasteiger partial charge in [-0.05, 0) is 34.7 Å². The van der Waals surface area contributed by atoms with E-state index in [1.54, 1.807) is 20.2 Å². The topological polar surface area (TPSA) is 126 Å². The first kappa shape index (κ1) is 36.5. The summed E-state index contributed by atoms with van der Waals surface area (Å²) in [6.45, 7) is 1.93. The lowest BCUT2D eigenvalue weighted by atomic mass is 9.86. The largest absolute Gasteiger partial charge is 0.461 e. The predicted molar refractivity (Wildman–Crippen MR) is 195 cm³/mol. The average Bonchev–Trinajstić information content (AvgIpc) is 3.56. The van der Waals surface area contributed by atoms with Gasteiger partial charge in [-0.1, -0.05) is 116 Å². The smallest absolute Gasteiger partial charge is 0.306 e. The van der Waals surface area contributed by atoms with Crippen LogP contribution in [-0.4, -0.2) is 52.3 Å². The van der Waals surface area contributed by atoms with Crippen molar-refractivity contribution in [3.8, 4) is 0 Å². The highest BCUT2D eigenvalue weighted by molar-refractivity contribution is 6.37. The highest BCUT2D eigenvalue weighted by Gasteiger charge is 2.34. The number of fused-ring (bicyclic) bond motifs is 1. The Hall–Kier alpha value is -5.83. The molecule has 3 atom stereocenters. The number of nitrogens with zero attached hydrogens (tertiary/aromatic N) is 1. The second kappa shape index (κ2) is 17.7. The van der Waals surface area contributed by atoms with Crippen LogP contribution in [0.15, 0.2) is 121 Å². The Bertz CT molecular complexity index is 1940. The summed E-state index contributed by atoms with van der Waals surface area (Å²) in [6, 6.07) is 34.5. The Kier molecular flexibility index (Phi) is 12.7. The van der Waals surface area contributed by atoms with Crippen molar-refractivity contribution in [2.24, 2.45) is 11.8 Å². The van der Waals surface area contributed by atoms with Crippen molar-refractivity contribution >= 4 is 40.3 Å². The van der Waals surface area contributed by atoms with Gasteiger partial charge in [0.2, 0.25) is 11.7 Å². The molecule has 0 aliphatic rings. The monoisotopic (exact) mass is 685 g/mol. The van der Waals surface area contributed by atoms with E-state index in [1.807, 2.05) is 115 Å². The van der Waals surface area contributed by atoms with Crippen molar-refractivity contribution in [2.45, 2.75) is 51.8 Å². The molecule has 2 N–H and O–H groups in total. The van der Waals surface area contributed by atoms with E-state index in [9.17, 15) is 24.0 Å². The van der Waals surface area contributed by atoms with E-state index in [2.05, 4.69) is 10.3 Å². The Labute approximate surface area is 298 Å². The summed E-state index contributed by atoms with van der Waals surface area (Å²) in [6.07, 6.45) is 1.68. The highest BCUT2D eigenvalue weighted by atomic mass is 16.5. The number of hydrogen-bond acceptors (Lipinski definition) is 6. The molecule has 0 saturated carbocycles. The van der Waals surface area contributed by atoms with Crippen LogP contribution >= 0.6 is 0 Å². The van der Waals surface area contributed by atoms with Gasteiger partial charge in [-0.15, -0.1) is 0 Å². The van der Waals surface area contributed by atoms with Crippen molar-refractivity contribution in [1.29, 1.82) is 0 Å². The number of carbonyl (C=O) groups excluding carboxylic acids is 5. The van der Waals surface area contributed by atoms with Crippen molar-refractivity contribution in [1.82, 2.24) is 15.2 Å². The van der Waals surface area contributed by atoms with E-state index in [0.717, 1.165) is 33.2 Å². The van der Waals surface area contributed by atoms with Gasteiger partial charge in [-0.3, -0.25) is 24.0 Å². The van der Waals surface area contributed by atoms with Crippen LogP contribution in [-0.2, 0) is 54.7 Å². The van der Waals surface area contributed by atoms with Gasteiger partial charge >= 0.3 is 5.97 Å². The minimum absolute atomic E-state index is 0.0891. The number of H-pyrrole nitrogens is 1. The van der Waals surface area contributed by atoms with Crippen molar-refractivity contribution in [3.63, 3.8) is 0 Å². The number of aromatic amines is 1. The lowest BCUT2D eigenvalue weighted by Crippen LogP contribution is -2.46. The number of rotatable bonds is 17. The number of hydrogen-bond donors (Lipinski definition) is 2. The molecule has 0 bridgehead atoms. The van der Waals surface area contributed by atoms with Gasteiger partial charge in [0, 0.05) is 55.4 Å². The summed E-state index contributed by atoms with van der Waals surface area (Å²) in [7, 11) is 1.57. The average molecular weight is 686 g/mol. The summed E-state index contributed by atoms with van der Waals surface area (Å²) >= 11 is 0. The quantitative estimate of drug-likeness (QED) is 0.0913. The van der Waals surface area contributed by atoms with E-state index in [-0.39, 0.29) is 44.6 Å². The lowest BCUT2D eigenvalue weighted by Gasteiger charge is -2.24. The fraction of sp³-hybridized carbons (Fsp3) is 0.262. The number of ether oxygens (including phenoxy) is 1. The number of likely N-dealkylation sites (N-methyl/N-ethyl adjacent to an activating group) is 1. The number of para-hydroxylation sites is 1. The third-order valence-electron chi connectivity index (χ3n) is 8.93. The molecule has 51 heavy (non-hydrogen) atoms. The first-order valence-corrected chi connectivity index (χ1v) is 17.1. The zero-order chi connectivity index (χ0) is 36.2. The van der Waals surface area contributed by atoms with Crippen molar-refractivity contribution < 1.29 is 28.7 Å². The van der Waals surface area contributed by atoms with Gasteiger partial charge in [-0.2, -0.15) is 0 Å². The summed E-state index contributed by atoms with van der Waals surface area (Å²) in [5, 5.41) is 3.77. The number of esters is 1. The number of aromatic nitrogens is 1. The van der Waals surface area contributed by atoms with E-state index in [4.69, 9.17) is 4.74 Å². The summed E-state index contributed by atoms with van der Waals surface area (Å²) in [5.41, 5.74) is 4.20. The van der Waals surface area contributed by atoms with E-state index < -0.39 is 41.4 Å². The second-order valence-corrected chi connectivity index (χ2v) is 12.9. The standard InChI is InChI=1S/C42H43N3O6/c1-29(22-39(47)51-28-32-18-10-5-11-19-32)41(49)44-37(24-34-26-43-36-21-13-12-20-35(34)36)38(46)25-33(23-30-14-6-3-7-15-30)40(48)42(50)45(2)27-31-16-8-4-9-17-31/h3-21,26,29,33,37,43H,22-25,27-28H2,1-2H3,(H,44,49)/t29-,33-,37+/m1/s1. The number of ketones is 2. The number of Topliss-reactive ketones (excluding diaryl/α,β-unsaturated/α-hetero) is 2. The molecule has 262 valence electrons. The van der Waals surface area contributed by atoms with Gasteiger partial charge < -0.3 is 19.9 Å². The van der Waals surface area contributed by atoms with Gasteiger partial charge in [0.25, 0.3) is 5.91 Å². The molecular weight excluding hydrogens is 642 g/mol. The van der Waals surface area contributed by atoms with E-state index >= 15 is 0 Å². The maximum Gasteiger partial charge on any atom is 0.306 e. The van der Waals surface area contributed by atoms with Gasteiger partial charge in [0.1, 0.15) is 6.61 Å². The maximum atomic E-state index is 14.2. The van der Waals surface area contributed by atoms with Crippen LogP contribution < -0.4 is 5.32 Å². The van der Waals surface area contributed by atoms with Crippen LogP contribution in [0.4, 0.5) is 0 Å². The van der Waals surface area contributed by atoms with Gasteiger partial charge in [0.05, 0.1) is 12.5 Å². The van der Waals surface area contributed by atoms with Crippen LogP contribution in [0.25, 0.3) is 10.9 Å². The van der Waals surface area contributed by atoms with Crippen LogP contribution in [0.2, 0.25) is 0 Å². The molecule has 1 aromatic heterocycles. The Balaban J connectivity index is 1.33. The molecule has 9 nitrogen and oxygen atoms in total. The number of carbonyl (C=O) groups is 5. The SMILES string of the molecule is C[C@H](CC(=O)OCc1ccccc1)C(=O)N[C@@H](Cc1c[nH]c2ccccc12)C(=O)C[C@@H](Cc1ccccc1)C(=O)C(=O)N(C)Cc1ccccc1. The molecule has 0 saturated heterocycles. The Morgan fingerprint density at radius 2 is 1.31 bits per heavy atom. The third kappa shape index (κ3) is 10.3. The number of benzene rings is 4. The van der Waals surface area contributed by atoms with E-state index in [1.165, 1.54) is 4.90 Å². The summed E-state index contributed by atoms with van der Waals surface area (Å²) in [5.74, 6) is -4.52. The minimum Gasteiger partial charge on any atom is -0.461 e. The third-order valence-corrected chi connectivity index (χ3v) is 8.93. The molecule has 1 heterocycles. The normalized spacial score (nSPS) is 12.7. The van der Waals surface area contributed by atoms with E-state index in [0.29, 0.717) is 0 Å². The van der Waals surface area contributed by atoms with Crippen LogP contribution in [0.5, 0.6) is 0 Å². The van der Waals surface area contributed by atoms with Gasteiger partial charge in [-0.25, -0.2) is 0 Å². The van der Waals surface area contributed by atoms with Crippen molar-refractivity contribution in [2.75, 3.05) is 7.05 Å². The lowest BCUT2D eigenvalue weighted by molar-refractivity contribution is -0.148. The first-order chi connectivity index (χ1) is 24.7. The molecule has 0 aliphatic carbocycles. The minimum atomic E-state index is -1.03. The van der Waals surface area contributed by atoms with Crippen LogP contribution in [0.3, 0.4) is 0 Å². The molecule has 0 spiro atoms. The summed E-state index contributed by atoms with van der Waals surface area (Å²) < 4.78 is 5.39. The summed E-state index contributed by atoms with van der Waals surface area (Å²) in [4.78, 5) is 72.3. The van der Waals surface area contributed by atoms with Crippen molar-refractivity contribution in [3.05, 3.63) is 144 Å². The fourth-order valence-corrected chi connectivity index (χ4v) is 6.05. The molecule has 4 aromatic carbocycles. The molecule has 0 radical (unpaired) electrons. The zero-order valence-electron chi connectivity index (χ0n) is 28.9. The Morgan fingerprint density at radius 1 is 0.725 bits per heavy atom. The molecule has 2 amide bonds. The molecule has 9 heteroatoms. The number of amides is 2. The maximum absolute atomic E-state index is 14.2. The molecule has 0 fully saturated rings. The second-order valence-electron chi connectivity index (χ2n) is 12.9. The Morgan fingerprint density at radius 3 is 1.98 bits per heavy atom. The molecule has 0 unspecified atom stereocenters. The van der Waals surface area contributed by atoms with Crippen LogP contribution in [0, 0.1) is 11.8 Å². The molecular formula is C42H43N3O6. The highest BCUT2D eigenvalue weighted by Crippen LogP contribution is 2.23. The van der Waals surface area contributed by atoms with Crippen LogP contribution in [0.1, 0.15) is 42.0 Å². The molecule has 5 rings (SSSR count). The van der Waals surface area contributed by atoms with Gasteiger partial charge in [0.15, 0.2) is 5.78 Å². The zero-order valence-corrected chi connectivity index (χ0v) is 28.9. The first-order valence-electron chi connectivity index (χ1n) is 17.1. The fourth-order valence-electron chi connectivity index (χ4n) is 6.05. The number of nitrogens with one attached hydrogen (secondary N) is 2.